The van der Waals surface area contributed by atoms with Crippen LogP contribution in [0.2, 0.25) is 0 Å². The van der Waals surface area contributed by atoms with Gasteiger partial charge in [0.25, 0.3) is 0 Å². The lowest BCUT2D eigenvalue weighted by atomic mass is 10.2. The van der Waals surface area contributed by atoms with Crippen LogP contribution >= 0.6 is 11.8 Å². The number of aromatic nitrogens is 5. The molecule has 2 aromatic carbocycles. The summed E-state index contributed by atoms with van der Waals surface area (Å²) in [5.74, 6) is 2.27. The molecule has 0 fully saturated rings. The first-order chi connectivity index (χ1) is 15.8. The molecule has 0 aliphatic heterocycles. The van der Waals surface area contributed by atoms with Crippen molar-refractivity contribution in [2.75, 3.05) is 23.9 Å². The topological polar surface area (TPSA) is 101 Å². The fourth-order valence-corrected chi connectivity index (χ4v) is 3.21. The highest BCUT2D eigenvalue weighted by Gasteiger charge is 2.30. The molecular formula is C21H18F3N7OS. The third kappa shape index (κ3) is 5.52. The molecule has 0 unspecified atom stereocenters. The molecule has 2 heterocycles. The molecule has 0 saturated heterocycles. The molecule has 0 aliphatic carbocycles. The molecule has 0 amide bonds. The lowest BCUT2D eigenvalue weighted by molar-refractivity contribution is -0.137. The van der Waals surface area contributed by atoms with E-state index in [2.05, 4.69) is 35.8 Å². The van der Waals surface area contributed by atoms with Crippen molar-refractivity contribution in [3.8, 4) is 23.0 Å². The smallest absolute Gasteiger partial charge is 0.416 e. The molecule has 0 radical (unpaired) electrons. The molecule has 0 atom stereocenters. The quantitative estimate of drug-likeness (QED) is 0.236. The SMILES string of the molecule is CNc1cc(Oc2ccc(-c3nnc(Nc4cccc(C(F)(F)F)c4)[nH]3)cc2)nc(SC)n1. The highest BCUT2D eigenvalue weighted by atomic mass is 32.2. The molecule has 33 heavy (non-hydrogen) atoms. The molecule has 4 rings (SSSR count). The van der Waals surface area contributed by atoms with Gasteiger partial charge in [0, 0.05) is 24.4 Å². The van der Waals surface area contributed by atoms with Crippen LogP contribution in [0.4, 0.5) is 30.6 Å². The normalized spacial score (nSPS) is 11.3. The van der Waals surface area contributed by atoms with Crippen LogP contribution in [0.3, 0.4) is 0 Å². The zero-order chi connectivity index (χ0) is 23.4. The van der Waals surface area contributed by atoms with Gasteiger partial charge in [0.1, 0.15) is 11.6 Å². The van der Waals surface area contributed by atoms with Crippen LogP contribution in [0.1, 0.15) is 5.56 Å². The second-order valence-electron chi connectivity index (χ2n) is 6.68. The summed E-state index contributed by atoms with van der Waals surface area (Å²) in [5.41, 5.74) is 0.208. The zero-order valence-electron chi connectivity index (χ0n) is 17.4. The second-order valence-corrected chi connectivity index (χ2v) is 7.45. The number of hydrogen-bond acceptors (Lipinski definition) is 8. The number of alkyl halides is 3. The molecule has 4 aromatic rings. The van der Waals surface area contributed by atoms with Gasteiger partial charge in [-0.15, -0.1) is 10.2 Å². The molecule has 0 aliphatic rings. The summed E-state index contributed by atoms with van der Waals surface area (Å²) in [6, 6.07) is 13.6. The maximum absolute atomic E-state index is 12.9. The Hall–Kier alpha value is -3.80. The van der Waals surface area contributed by atoms with Gasteiger partial charge >= 0.3 is 6.18 Å². The van der Waals surface area contributed by atoms with Crippen molar-refractivity contribution in [2.45, 2.75) is 11.3 Å². The standard InChI is InChI=1S/C21H18F3N7OS/c1-25-16-11-17(28-20(27-16)33-2)32-15-8-6-12(7-9-15)18-29-19(31-30-18)26-14-5-3-4-13(10-14)21(22,23)24/h3-11H,1-2H3,(H,25,27,28)(H2,26,29,30,31). The highest BCUT2D eigenvalue weighted by molar-refractivity contribution is 7.98. The average molecular weight is 473 g/mol. The number of nitrogens with one attached hydrogen (secondary N) is 3. The number of anilines is 3. The van der Waals surface area contributed by atoms with Crippen LogP contribution in [0.15, 0.2) is 59.8 Å². The van der Waals surface area contributed by atoms with E-state index in [-0.39, 0.29) is 11.6 Å². The fraction of sp³-hybridized carbons (Fsp3) is 0.143. The average Bonchev–Trinajstić information content (AvgIpc) is 3.27. The molecule has 0 bridgehead atoms. The van der Waals surface area contributed by atoms with E-state index in [0.717, 1.165) is 17.7 Å². The number of thioether (sulfide) groups is 1. The van der Waals surface area contributed by atoms with Crippen LogP contribution in [0, 0.1) is 0 Å². The maximum Gasteiger partial charge on any atom is 0.416 e. The third-order valence-electron chi connectivity index (χ3n) is 4.41. The first-order valence-electron chi connectivity index (χ1n) is 9.60. The first kappa shape index (κ1) is 22.4. The van der Waals surface area contributed by atoms with Gasteiger partial charge in [-0.2, -0.15) is 18.2 Å². The van der Waals surface area contributed by atoms with Gasteiger partial charge in [0.05, 0.1) is 5.56 Å². The Morgan fingerprint density at radius 3 is 2.48 bits per heavy atom. The molecule has 3 N–H and O–H groups in total. The molecule has 12 heteroatoms. The van der Waals surface area contributed by atoms with E-state index in [1.54, 1.807) is 37.4 Å². The largest absolute Gasteiger partial charge is 0.439 e. The van der Waals surface area contributed by atoms with Crippen molar-refractivity contribution in [1.82, 2.24) is 25.1 Å². The van der Waals surface area contributed by atoms with Gasteiger partial charge in [-0.1, -0.05) is 17.8 Å². The van der Waals surface area contributed by atoms with Crippen LogP contribution < -0.4 is 15.4 Å². The number of rotatable bonds is 7. The van der Waals surface area contributed by atoms with E-state index in [1.807, 2.05) is 6.26 Å². The highest BCUT2D eigenvalue weighted by Crippen LogP contribution is 2.31. The minimum Gasteiger partial charge on any atom is -0.439 e. The van der Waals surface area contributed by atoms with E-state index < -0.39 is 11.7 Å². The molecule has 8 nitrogen and oxygen atoms in total. The van der Waals surface area contributed by atoms with E-state index in [9.17, 15) is 13.2 Å². The van der Waals surface area contributed by atoms with Crippen LogP contribution in [-0.2, 0) is 6.18 Å². The molecular weight excluding hydrogens is 455 g/mol. The fourth-order valence-electron chi connectivity index (χ4n) is 2.84. The predicted octanol–water partition coefficient (Wildman–Crippen LogP) is 5.58. The Kier molecular flexibility index (Phi) is 6.36. The van der Waals surface area contributed by atoms with Crippen LogP contribution in [0.5, 0.6) is 11.6 Å². The van der Waals surface area contributed by atoms with Gasteiger partial charge in [0.2, 0.25) is 11.8 Å². The molecule has 0 spiro atoms. The minimum absolute atomic E-state index is 0.217. The monoisotopic (exact) mass is 473 g/mol. The zero-order valence-corrected chi connectivity index (χ0v) is 18.3. The van der Waals surface area contributed by atoms with Crippen molar-refractivity contribution >= 4 is 29.2 Å². The predicted molar refractivity (Wildman–Crippen MR) is 120 cm³/mol. The van der Waals surface area contributed by atoms with Gasteiger partial charge in [-0.25, -0.2) is 4.98 Å². The van der Waals surface area contributed by atoms with E-state index >= 15 is 0 Å². The Labute approximate surface area is 191 Å². The number of H-pyrrole nitrogens is 1. The number of hydrogen-bond donors (Lipinski definition) is 3. The Morgan fingerprint density at radius 1 is 1.00 bits per heavy atom. The summed E-state index contributed by atoms with van der Waals surface area (Å²) in [6.07, 6.45) is -2.55. The summed E-state index contributed by atoms with van der Waals surface area (Å²) in [4.78, 5) is 11.6. The Balaban J connectivity index is 1.46. The lowest BCUT2D eigenvalue weighted by Crippen LogP contribution is -2.05. The summed E-state index contributed by atoms with van der Waals surface area (Å²) < 4.78 is 44.5. The number of benzene rings is 2. The summed E-state index contributed by atoms with van der Waals surface area (Å²) >= 11 is 1.40. The number of halogens is 3. The number of ether oxygens (including phenoxy) is 1. The lowest BCUT2D eigenvalue weighted by Gasteiger charge is -2.09. The van der Waals surface area contributed by atoms with Crippen LogP contribution in [0.25, 0.3) is 11.4 Å². The van der Waals surface area contributed by atoms with Gasteiger partial charge in [-0.3, -0.25) is 0 Å². The number of aromatic amines is 1. The summed E-state index contributed by atoms with van der Waals surface area (Å²) in [6.45, 7) is 0. The van der Waals surface area contributed by atoms with Crippen molar-refractivity contribution in [3.05, 3.63) is 60.2 Å². The van der Waals surface area contributed by atoms with E-state index in [1.165, 1.54) is 23.9 Å². The van der Waals surface area contributed by atoms with E-state index in [0.29, 0.717) is 28.4 Å². The van der Waals surface area contributed by atoms with Crippen molar-refractivity contribution < 1.29 is 17.9 Å². The van der Waals surface area contributed by atoms with Crippen molar-refractivity contribution in [3.63, 3.8) is 0 Å². The van der Waals surface area contributed by atoms with Gasteiger partial charge in [-0.05, 0) is 48.7 Å². The van der Waals surface area contributed by atoms with Crippen molar-refractivity contribution in [2.24, 2.45) is 0 Å². The summed E-state index contributed by atoms with van der Waals surface area (Å²) in [5, 5.41) is 14.3. The number of nitrogens with zero attached hydrogens (tertiary/aromatic N) is 4. The first-order valence-corrected chi connectivity index (χ1v) is 10.8. The Morgan fingerprint density at radius 2 is 1.79 bits per heavy atom. The third-order valence-corrected chi connectivity index (χ3v) is 4.96. The molecule has 170 valence electrons. The molecule has 2 aromatic heterocycles. The van der Waals surface area contributed by atoms with Crippen LogP contribution in [-0.4, -0.2) is 38.5 Å². The Bertz CT molecular complexity index is 1220. The second kappa shape index (κ2) is 9.36. The maximum atomic E-state index is 12.9. The molecule has 0 saturated carbocycles. The van der Waals surface area contributed by atoms with E-state index in [4.69, 9.17) is 4.74 Å². The summed E-state index contributed by atoms with van der Waals surface area (Å²) in [7, 11) is 1.76. The van der Waals surface area contributed by atoms with Crippen molar-refractivity contribution in [1.29, 1.82) is 0 Å². The van der Waals surface area contributed by atoms with Gasteiger partial charge in [0.15, 0.2) is 11.0 Å². The van der Waals surface area contributed by atoms with Gasteiger partial charge < -0.3 is 20.4 Å². The minimum atomic E-state index is -4.43.